The topological polar surface area (TPSA) is 63.4 Å². The van der Waals surface area contributed by atoms with E-state index in [0.29, 0.717) is 29.7 Å². The minimum atomic E-state index is -3.44. The Morgan fingerprint density at radius 2 is 1.81 bits per heavy atom. The molecule has 0 saturated heterocycles. The Labute approximate surface area is 129 Å². The molecule has 2 N–H and O–H groups in total. The number of benzene rings is 1. The maximum atomic E-state index is 12.6. The first-order valence-corrected chi connectivity index (χ1v) is 8.92. The second-order valence-corrected chi connectivity index (χ2v) is 8.30. The normalized spacial score (nSPS) is 14.1. The first-order valence-electron chi connectivity index (χ1n) is 7.48. The molecule has 0 aliphatic rings. The molecule has 0 radical (unpaired) electrons. The van der Waals surface area contributed by atoms with Gasteiger partial charge in [-0.3, -0.25) is 0 Å². The fourth-order valence-corrected chi connectivity index (χ4v) is 3.24. The fourth-order valence-electron chi connectivity index (χ4n) is 2.00. The number of rotatable bonds is 7. The van der Waals surface area contributed by atoms with Gasteiger partial charge in [-0.2, -0.15) is 0 Å². The van der Waals surface area contributed by atoms with E-state index < -0.39 is 10.0 Å². The maximum absolute atomic E-state index is 12.6. The summed E-state index contributed by atoms with van der Waals surface area (Å²) in [5, 5.41) is 0. The standard InChI is InChI=1S/C16H28N2O2S/c1-12(2)14-7-6-8-15(11-14)21(19,20)18(5)10-9-16(17)13(3)4/h6-8,11-13,16H,9-10,17H2,1-5H3. The molecule has 0 aromatic heterocycles. The van der Waals surface area contributed by atoms with E-state index in [1.165, 1.54) is 4.31 Å². The minimum absolute atomic E-state index is 0.0182. The van der Waals surface area contributed by atoms with Gasteiger partial charge in [0.15, 0.2) is 0 Å². The van der Waals surface area contributed by atoms with Crippen LogP contribution in [0.5, 0.6) is 0 Å². The van der Waals surface area contributed by atoms with Crippen LogP contribution in [0.3, 0.4) is 0 Å². The molecule has 0 bridgehead atoms. The summed E-state index contributed by atoms with van der Waals surface area (Å²) >= 11 is 0. The van der Waals surface area contributed by atoms with Crippen LogP contribution in [0.1, 0.15) is 45.6 Å². The van der Waals surface area contributed by atoms with Gasteiger partial charge in [-0.25, -0.2) is 12.7 Å². The van der Waals surface area contributed by atoms with Gasteiger partial charge in [-0.05, 0) is 36.0 Å². The first-order chi connectivity index (χ1) is 9.66. The van der Waals surface area contributed by atoms with E-state index in [-0.39, 0.29) is 6.04 Å². The van der Waals surface area contributed by atoms with Crippen molar-refractivity contribution in [2.45, 2.75) is 51.0 Å². The van der Waals surface area contributed by atoms with Crippen molar-refractivity contribution in [3.63, 3.8) is 0 Å². The van der Waals surface area contributed by atoms with Gasteiger partial charge in [0, 0.05) is 19.6 Å². The highest BCUT2D eigenvalue weighted by Gasteiger charge is 2.22. The highest BCUT2D eigenvalue weighted by molar-refractivity contribution is 7.89. The van der Waals surface area contributed by atoms with E-state index in [9.17, 15) is 8.42 Å². The third kappa shape index (κ3) is 4.80. The molecule has 0 spiro atoms. The van der Waals surface area contributed by atoms with Gasteiger partial charge in [0.2, 0.25) is 10.0 Å². The van der Waals surface area contributed by atoms with Crippen LogP contribution >= 0.6 is 0 Å². The van der Waals surface area contributed by atoms with E-state index in [1.807, 2.05) is 19.9 Å². The molecule has 1 rings (SSSR count). The lowest BCUT2D eigenvalue weighted by molar-refractivity contribution is 0.397. The predicted octanol–water partition coefficient (Wildman–Crippen LogP) is 2.80. The van der Waals surface area contributed by atoms with E-state index in [1.54, 1.807) is 25.2 Å². The quantitative estimate of drug-likeness (QED) is 0.842. The molecular weight excluding hydrogens is 284 g/mol. The molecule has 1 aromatic rings. The zero-order valence-electron chi connectivity index (χ0n) is 13.7. The van der Waals surface area contributed by atoms with Crippen LogP contribution in [-0.4, -0.2) is 32.4 Å². The summed E-state index contributed by atoms with van der Waals surface area (Å²) in [5.41, 5.74) is 7.02. The van der Waals surface area contributed by atoms with E-state index >= 15 is 0 Å². The summed E-state index contributed by atoms with van der Waals surface area (Å²) in [6.07, 6.45) is 0.664. The van der Waals surface area contributed by atoms with Gasteiger partial charge >= 0.3 is 0 Å². The summed E-state index contributed by atoms with van der Waals surface area (Å²) in [7, 11) is -1.82. The van der Waals surface area contributed by atoms with Crippen molar-refractivity contribution >= 4 is 10.0 Å². The Kier molecular flexibility index (Phi) is 6.38. The molecule has 0 amide bonds. The molecule has 4 nitrogen and oxygen atoms in total. The van der Waals surface area contributed by atoms with E-state index in [0.717, 1.165) is 5.56 Å². The van der Waals surface area contributed by atoms with Crippen LogP contribution in [0, 0.1) is 5.92 Å². The van der Waals surface area contributed by atoms with Gasteiger partial charge < -0.3 is 5.73 Å². The highest BCUT2D eigenvalue weighted by atomic mass is 32.2. The van der Waals surface area contributed by atoms with Gasteiger partial charge in [0.05, 0.1) is 4.90 Å². The van der Waals surface area contributed by atoms with Crippen molar-refractivity contribution < 1.29 is 8.42 Å². The van der Waals surface area contributed by atoms with Crippen LogP contribution in [0.15, 0.2) is 29.2 Å². The second-order valence-electron chi connectivity index (χ2n) is 6.25. The number of nitrogens with zero attached hydrogens (tertiary/aromatic N) is 1. The molecule has 1 aromatic carbocycles. The van der Waals surface area contributed by atoms with Crippen LogP contribution in [0.4, 0.5) is 0 Å². The molecule has 1 unspecified atom stereocenters. The Balaban J connectivity index is 2.87. The number of hydrogen-bond acceptors (Lipinski definition) is 3. The van der Waals surface area contributed by atoms with Gasteiger partial charge in [-0.15, -0.1) is 0 Å². The largest absolute Gasteiger partial charge is 0.327 e. The third-order valence-electron chi connectivity index (χ3n) is 3.87. The predicted molar refractivity (Wildman–Crippen MR) is 87.8 cm³/mol. The molecule has 120 valence electrons. The molecule has 0 heterocycles. The van der Waals surface area contributed by atoms with E-state index in [4.69, 9.17) is 5.73 Å². The molecule has 0 aliphatic heterocycles. The van der Waals surface area contributed by atoms with Crippen molar-refractivity contribution in [3.8, 4) is 0 Å². The van der Waals surface area contributed by atoms with E-state index in [2.05, 4.69) is 13.8 Å². The average molecular weight is 312 g/mol. The number of hydrogen-bond donors (Lipinski definition) is 1. The SMILES string of the molecule is CC(C)c1cccc(S(=O)(=O)N(C)CCC(N)C(C)C)c1. The van der Waals surface area contributed by atoms with Crippen LogP contribution in [0.2, 0.25) is 0 Å². The van der Waals surface area contributed by atoms with Crippen LogP contribution in [-0.2, 0) is 10.0 Å². The first kappa shape index (κ1) is 18.1. The molecule has 0 saturated carbocycles. The Morgan fingerprint density at radius 3 is 2.33 bits per heavy atom. The minimum Gasteiger partial charge on any atom is -0.327 e. The van der Waals surface area contributed by atoms with Crippen molar-refractivity contribution in [1.82, 2.24) is 4.31 Å². The highest BCUT2D eigenvalue weighted by Crippen LogP contribution is 2.21. The molecule has 0 aliphatic carbocycles. The van der Waals surface area contributed by atoms with Gasteiger partial charge in [-0.1, -0.05) is 39.8 Å². The number of nitrogens with two attached hydrogens (primary N) is 1. The molecule has 0 fully saturated rings. The average Bonchev–Trinajstić information content (AvgIpc) is 2.44. The monoisotopic (exact) mass is 312 g/mol. The lowest BCUT2D eigenvalue weighted by Gasteiger charge is -2.21. The summed E-state index contributed by atoms with van der Waals surface area (Å²) in [6, 6.07) is 7.19. The van der Waals surface area contributed by atoms with Crippen LogP contribution < -0.4 is 5.73 Å². The maximum Gasteiger partial charge on any atom is 0.242 e. The Morgan fingerprint density at radius 1 is 1.19 bits per heavy atom. The van der Waals surface area contributed by atoms with Gasteiger partial charge in [0.1, 0.15) is 0 Å². The summed E-state index contributed by atoms with van der Waals surface area (Å²) in [4.78, 5) is 0.356. The van der Waals surface area contributed by atoms with Crippen molar-refractivity contribution in [2.24, 2.45) is 11.7 Å². The smallest absolute Gasteiger partial charge is 0.242 e. The lowest BCUT2D eigenvalue weighted by atomic mass is 10.0. The molecule has 21 heavy (non-hydrogen) atoms. The Bertz CT molecular complexity index is 553. The molecule has 1 atom stereocenters. The molecular formula is C16H28N2O2S. The lowest BCUT2D eigenvalue weighted by Crippen LogP contribution is -2.34. The summed E-state index contributed by atoms with van der Waals surface area (Å²) < 4.78 is 26.5. The summed E-state index contributed by atoms with van der Waals surface area (Å²) in [6.45, 7) is 8.64. The van der Waals surface area contributed by atoms with Crippen LogP contribution in [0.25, 0.3) is 0 Å². The number of sulfonamides is 1. The zero-order valence-corrected chi connectivity index (χ0v) is 14.5. The summed E-state index contributed by atoms with van der Waals surface area (Å²) in [5.74, 6) is 0.658. The molecule has 5 heteroatoms. The van der Waals surface area contributed by atoms with Gasteiger partial charge in [0.25, 0.3) is 0 Å². The second kappa shape index (κ2) is 7.38. The van der Waals surface area contributed by atoms with Crippen molar-refractivity contribution in [1.29, 1.82) is 0 Å². The Hall–Kier alpha value is -0.910. The third-order valence-corrected chi connectivity index (χ3v) is 5.72. The zero-order chi connectivity index (χ0) is 16.2. The van der Waals surface area contributed by atoms with Crippen molar-refractivity contribution in [2.75, 3.05) is 13.6 Å². The van der Waals surface area contributed by atoms with Crippen molar-refractivity contribution in [3.05, 3.63) is 29.8 Å². The fraction of sp³-hybridized carbons (Fsp3) is 0.625.